The van der Waals surface area contributed by atoms with Crippen molar-refractivity contribution in [1.82, 2.24) is 0 Å². The van der Waals surface area contributed by atoms with E-state index in [4.69, 9.17) is 9.47 Å². The topological polar surface area (TPSA) is 81.7 Å². The fraction of sp³-hybridized carbons (Fsp3) is 0.400. The molecule has 1 saturated heterocycles. The van der Waals surface area contributed by atoms with E-state index in [1.54, 1.807) is 12.1 Å². The van der Waals surface area contributed by atoms with Crippen LogP contribution in [-0.2, 0) is 25.9 Å². The zero-order valence-corrected chi connectivity index (χ0v) is 26.3. The summed E-state index contributed by atoms with van der Waals surface area (Å²) in [6, 6.07) is 21.7. The predicted molar refractivity (Wildman–Crippen MR) is 172 cm³/mol. The smallest absolute Gasteiger partial charge is 0.251 e. The number of ether oxygens (including phenoxy) is 2. The van der Waals surface area contributed by atoms with Crippen molar-refractivity contribution in [2.45, 2.75) is 56.5 Å². The second kappa shape index (κ2) is 13.5. The van der Waals surface area contributed by atoms with Gasteiger partial charge in [-0.05, 0) is 72.0 Å². The summed E-state index contributed by atoms with van der Waals surface area (Å²) < 4.78 is 38.4. The number of quaternary nitrogens is 1. The summed E-state index contributed by atoms with van der Waals surface area (Å²) >= 11 is 0. The Morgan fingerprint density at radius 3 is 2.37 bits per heavy atom. The van der Waals surface area contributed by atoms with Gasteiger partial charge in [-0.25, -0.2) is 8.42 Å². The zero-order valence-electron chi connectivity index (χ0n) is 25.5. The van der Waals surface area contributed by atoms with Crippen LogP contribution >= 0.6 is 0 Å². The minimum absolute atomic E-state index is 0.111. The van der Waals surface area contributed by atoms with Crippen molar-refractivity contribution in [2.24, 2.45) is 0 Å². The van der Waals surface area contributed by atoms with Gasteiger partial charge in [0.25, 0.3) is 5.91 Å². The van der Waals surface area contributed by atoms with Gasteiger partial charge in [-0.3, -0.25) is 4.79 Å². The molecule has 0 unspecified atom stereocenters. The van der Waals surface area contributed by atoms with Crippen molar-refractivity contribution in [2.75, 3.05) is 45.0 Å². The molecule has 1 fully saturated rings. The molecule has 8 heteroatoms. The first-order valence-electron chi connectivity index (χ1n) is 15.3. The monoisotopic (exact) mass is 603 g/mol. The molecule has 0 aliphatic carbocycles. The van der Waals surface area contributed by atoms with Gasteiger partial charge in [0.15, 0.2) is 9.84 Å². The van der Waals surface area contributed by atoms with Gasteiger partial charge in [-0.15, -0.1) is 0 Å². The number of carbonyl (C=O) groups is 1. The lowest BCUT2D eigenvalue weighted by Crippen LogP contribution is -2.50. The highest BCUT2D eigenvalue weighted by molar-refractivity contribution is 7.91. The quantitative estimate of drug-likeness (QED) is 0.212. The van der Waals surface area contributed by atoms with Crippen LogP contribution < -0.4 is 10.1 Å². The van der Waals surface area contributed by atoms with E-state index < -0.39 is 9.84 Å². The molecule has 1 amide bonds. The minimum Gasteiger partial charge on any atom is -0.494 e. The molecule has 2 heterocycles. The van der Waals surface area contributed by atoms with Crippen molar-refractivity contribution in [1.29, 1.82) is 0 Å². The average Bonchev–Trinajstić information content (AvgIpc) is 3.14. The van der Waals surface area contributed by atoms with Gasteiger partial charge in [0.05, 0.1) is 50.6 Å². The van der Waals surface area contributed by atoms with Gasteiger partial charge in [0, 0.05) is 29.7 Å². The van der Waals surface area contributed by atoms with Gasteiger partial charge >= 0.3 is 0 Å². The number of anilines is 1. The molecule has 3 aromatic rings. The lowest BCUT2D eigenvalue weighted by Gasteiger charge is -2.40. The largest absolute Gasteiger partial charge is 0.494 e. The maximum Gasteiger partial charge on any atom is 0.251 e. The number of unbranched alkanes of at least 4 members (excludes halogenated alkanes) is 1. The molecule has 43 heavy (non-hydrogen) atoms. The van der Waals surface area contributed by atoms with Gasteiger partial charge in [-0.1, -0.05) is 43.7 Å². The summed E-state index contributed by atoms with van der Waals surface area (Å²) in [5, 5.41) is 2.99. The molecule has 2 aliphatic rings. The fourth-order valence-electron chi connectivity index (χ4n) is 5.88. The van der Waals surface area contributed by atoms with E-state index in [0.29, 0.717) is 29.5 Å². The summed E-state index contributed by atoms with van der Waals surface area (Å²) in [6.07, 6.45) is 6.09. The molecule has 0 aromatic heterocycles. The molecule has 0 atom stereocenters. The van der Waals surface area contributed by atoms with E-state index in [-0.39, 0.29) is 23.0 Å². The summed E-state index contributed by atoms with van der Waals surface area (Å²) in [5.74, 6) is 0.414. The third-order valence-electron chi connectivity index (χ3n) is 8.54. The van der Waals surface area contributed by atoms with Gasteiger partial charge in [0.2, 0.25) is 0 Å². The summed E-state index contributed by atoms with van der Waals surface area (Å²) in [7, 11) is 0.997. The first kappa shape index (κ1) is 31.0. The first-order valence-corrected chi connectivity index (χ1v) is 16.9. The second-order valence-corrected chi connectivity index (χ2v) is 14.2. The molecular formula is C35H43N2O5S+. The summed E-state index contributed by atoms with van der Waals surface area (Å²) in [4.78, 5) is 13.6. The highest BCUT2D eigenvalue weighted by atomic mass is 32.2. The van der Waals surface area contributed by atoms with Crippen molar-refractivity contribution in [3.8, 4) is 16.9 Å². The Balaban J connectivity index is 1.30. The normalized spacial score (nSPS) is 17.0. The molecular weight excluding hydrogens is 560 g/mol. The standard InChI is InChI=1S/C35H42N2O5S/c1-4-5-19-42-33-13-8-27(9-14-33)28-10-15-34-30(23-28)24-29(18-22-43(34,39)40)35(38)36-31-11-6-26(7-12-31)25-37(2,3)32-16-20-41-21-17-32/h6-15,23-24,32H,4-5,16-22,25H2,1-3H3/p+1. The number of sulfone groups is 1. The number of nitrogens with one attached hydrogen (secondary N) is 1. The molecule has 0 spiro atoms. The number of amides is 1. The van der Waals surface area contributed by atoms with Crippen LogP contribution in [0.25, 0.3) is 17.2 Å². The van der Waals surface area contributed by atoms with Crippen molar-refractivity contribution in [3.05, 3.63) is 83.4 Å². The van der Waals surface area contributed by atoms with Crippen LogP contribution in [0.3, 0.4) is 0 Å². The van der Waals surface area contributed by atoms with Crippen LogP contribution in [-0.4, -0.2) is 64.5 Å². The Morgan fingerprint density at radius 2 is 1.67 bits per heavy atom. The number of carbonyl (C=O) groups excluding carboxylic acids is 1. The van der Waals surface area contributed by atoms with Gasteiger partial charge < -0.3 is 19.3 Å². The number of rotatable bonds is 10. The molecule has 7 nitrogen and oxygen atoms in total. The van der Waals surface area contributed by atoms with E-state index in [0.717, 1.165) is 66.8 Å². The van der Waals surface area contributed by atoms with Crippen LogP contribution in [0.2, 0.25) is 0 Å². The Labute approximate surface area is 256 Å². The lowest BCUT2D eigenvalue weighted by molar-refractivity contribution is -0.929. The van der Waals surface area contributed by atoms with Crippen molar-refractivity contribution in [3.63, 3.8) is 0 Å². The van der Waals surface area contributed by atoms with Gasteiger partial charge in [0.1, 0.15) is 12.3 Å². The van der Waals surface area contributed by atoms with Crippen LogP contribution in [0, 0.1) is 0 Å². The number of hydrogen-bond acceptors (Lipinski definition) is 5. The maximum atomic E-state index is 13.4. The molecule has 0 saturated carbocycles. The third-order valence-corrected chi connectivity index (χ3v) is 10.3. The fourth-order valence-corrected chi connectivity index (χ4v) is 7.34. The molecule has 3 aromatic carbocycles. The van der Waals surface area contributed by atoms with Crippen molar-refractivity contribution < 1.29 is 27.2 Å². The number of benzene rings is 3. The Morgan fingerprint density at radius 1 is 0.977 bits per heavy atom. The SMILES string of the molecule is CCCCOc1ccc(-c2ccc3c(c2)C=C(C(=O)Nc2ccc(C[N+](C)(C)C4CCOCC4)cc2)CCS3(=O)=O)cc1. The Hall–Kier alpha value is -3.46. The van der Waals surface area contributed by atoms with E-state index in [9.17, 15) is 13.2 Å². The summed E-state index contributed by atoms with van der Waals surface area (Å²) in [5.41, 5.74) is 4.70. The molecule has 5 rings (SSSR count). The van der Waals surface area contributed by atoms with E-state index in [2.05, 4.69) is 38.5 Å². The number of fused-ring (bicyclic) bond motifs is 1. The third kappa shape index (κ3) is 7.74. The average molecular weight is 604 g/mol. The van der Waals surface area contributed by atoms with E-state index in [1.807, 2.05) is 48.5 Å². The molecule has 0 radical (unpaired) electrons. The molecule has 1 N–H and O–H groups in total. The van der Waals surface area contributed by atoms with Crippen LogP contribution in [0.5, 0.6) is 5.75 Å². The van der Waals surface area contributed by atoms with Crippen LogP contribution in [0.4, 0.5) is 5.69 Å². The van der Waals surface area contributed by atoms with E-state index in [1.165, 1.54) is 5.56 Å². The highest BCUT2D eigenvalue weighted by Gasteiger charge is 2.30. The zero-order chi connectivity index (χ0) is 30.5. The Kier molecular flexibility index (Phi) is 9.69. The Bertz CT molecular complexity index is 1550. The summed E-state index contributed by atoms with van der Waals surface area (Å²) in [6.45, 7) is 5.35. The molecule has 228 valence electrons. The minimum atomic E-state index is -3.53. The van der Waals surface area contributed by atoms with Gasteiger partial charge in [-0.2, -0.15) is 0 Å². The van der Waals surface area contributed by atoms with E-state index >= 15 is 0 Å². The lowest BCUT2D eigenvalue weighted by atomic mass is 10.0. The second-order valence-electron chi connectivity index (χ2n) is 12.1. The first-order chi connectivity index (χ1) is 20.6. The molecule has 2 aliphatic heterocycles. The van der Waals surface area contributed by atoms with Crippen LogP contribution in [0.15, 0.2) is 77.2 Å². The number of nitrogens with zero attached hydrogens (tertiary/aromatic N) is 1. The number of hydrogen-bond donors (Lipinski definition) is 1. The molecule has 0 bridgehead atoms. The highest BCUT2D eigenvalue weighted by Crippen LogP contribution is 2.32. The van der Waals surface area contributed by atoms with Crippen molar-refractivity contribution >= 4 is 27.5 Å². The maximum absolute atomic E-state index is 13.4. The predicted octanol–water partition coefficient (Wildman–Crippen LogP) is 6.49. The van der Waals surface area contributed by atoms with Crippen LogP contribution in [0.1, 0.15) is 50.2 Å².